The molecule has 25 heavy (non-hydrogen) atoms. The zero-order chi connectivity index (χ0) is 18.0. The molecule has 0 aliphatic heterocycles. The summed E-state index contributed by atoms with van der Waals surface area (Å²) in [7, 11) is 0. The third-order valence-corrected chi connectivity index (χ3v) is 5.19. The molecule has 0 spiro atoms. The lowest BCUT2D eigenvalue weighted by atomic mass is 9.81. The monoisotopic (exact) mass is 339 g/mol. The van der Waals surface area contributed by atoms with E-state index in [1.807, 2.05) is 25.1 Å². The summed E-state index contributed by atoms with van der Waals surface area (Å²) in [5.74, 6) is -0.686. The molecule has 1 aromatic carbocycles. The fraction of sp³-hybridized carbons (Fsp3) is 0.450. The van der Waals surface area contributed by atoms with E-state index in [4.69, 9.17) is 5.73 Å². The maximum Gasteiger partial charge on any atom is 0.252 e. The minimum absolute atomic E-state index is 0.246. The van der Waals surface area contributed by atoms with Gasteiger partial charge in [0.2, 0.25) is 5.91 Å². The van der Waals surface area contributed by atoms with Gasteiger partial charge in [0.05, 0.1) is 11.1 Å². The minimum atomic E-state index is -0.929. The van der Waals surface area contributed by atoms with E-state index in [0.717, 1.165) is 47.8 Å². The minimum Gasteiger partial charge on any atom is -0.368 e. The van der Waals surface area contributed by atoms with Crippen LogP contribution in [0.2, 0.25) is 0 Å². The number of primary amides is 1. The number of hydrogen-bond acceptors (Lipinski definition) is 3. The van der Waals surface area contributed by atoms with Gasteiger partial charge in [-0.25, -0.2) is 0 Å². The van der Waals surface area contributed by atoms with Crippen molar-refractivity contribution >= 4 is 22.7 Å². The first-order valence-corrected chi connectivity index (χ1v) is 8.98. The van der Waals surface area contributed by atoms with Gasteiger partial charge in [-0.3, -0.25) is 14.6 Å². The van der Waals surface area contributed by atoms with Crippen LogP contribution in [0.3, 0.4) is 0 Å². The number of amides is 2. The lowest BCUT2D eigenvalue weighted by molar-refractivity contribution is -0.125. The number of rotatable bonds is 4. The number of hydrogen-bond donors (Lipinski definition) is 2. The standard InChI is InChI=1S/C20H25N3O2/c1-3-14-7-8-17-15(12-14)16(11-13(2)22-17)18(24)23-20(19(21)25)9-5-4-6-10-20/h7-8,11-12H,3-6,9-10H2,1-2H3,(H2,21,25)(H,23,24). The third kappa shape index (κ3) is 3.36. The molecule has 1 fully saturated rings. The summed E-state index contributed by atoms with van der Waals surface area (Å²) < 4.78 is 0. The molecule has 2 aromatic rings. The SMILES string of the molecule is CCc1ccc2nc(C)cc(C(=O)NC3(C(N)=O)CCCCC3)c2c1. The molecule has 1 aliphatic carbocycles. The van der Waals surface area contributed by atoms with Gasteiger partial charge < -0.3 is 11.1 Å². The van der Waals surface area contributed by atoms with Gasteiger partial charge in [0, 0.05) is 11.1 Å². The van der Waals surface area contributed by atoms with E-state index in [-0.39, 0.29) is 5.91 Å². The number of fused-ring (bicyclic) bond motifs is 1. The van der Waals surface area contributed by atoms with Crippen LogP contribution in [-0.2, 0) is 11.2 Å². The molecular formula is C20H25N3O2. The lowest BCUT2D eigenvalue weighted by Crippen LogP contribution is -2.58. The molecule has 1 aromatic heterocycles. The number of nitrogens with one attached hydrogen (secondary N) is 1. The Morgan fingerprint density at radius 1 is 1.20 bits per heavy atom. The number of aryl methyl sites for hydroxylation is 2. The molecule has 0 saturated heterocycles. The quantitative estimate of drug-likeness (QED) is 0.898. The van der Waals surface area contributed by atoms with Crippen molar-refractivity contribution < 1.29 is 9.59 Å². The Bertz CT molecular complexity index is 823. The number of carbonyl (C=O) groups is 2. The van der Waals surface area contributed by atoms with Gasteiger partial charge in [-0.1, -0.05) is 32.3 Å². The van der Waals surface area contributed by atoms with Crippen molar-refractivity contribution in [1.82, 2.24) is 10.3 Å². The zero-order valence-electron chi connectivity index (χ0n) is 14.9. The average Bonchev–Trinajstić information content (AvgIpc) is 2.61. The van der Waals surface area contributed by atoms with Gasteiger partial charge in [0.1, 0.15) is 5.54 Å². The van der Waals surface area contributed by atoms with Crippen molar-refractivity contribution in [1.29, 1.82) is 0 Å². The Balaban J connectivity index is 2.02. The van der Waals surface area contributed by atoms with Gasteiger partial charge >= 0.3 is 0 Å². The van der Waals surface area contributed by atoms with Crippen LogP contribution in [0.15, 0.2) is 24.3 Å². The number of nitrogens with zero attached hydrogens (tertiary/aromatic N) is 1. The first-order valence-electron chi connectivity index (χ1n) is 8.98. The molecule has 5 nitrogen and oxygen atoms in total. The van der Waals surface area contributed by atoms with E-state index in [9.17, 15) is 9.59 Å². The Kier molecular flexibility index (Phi) is 4.75. The largest absolute Gasteiger partial charge is 0.368 e. The Morgan fingerprint density at radius 2 is 1.92 bits per heavy atom. The number of carbonyl (C=O) groups excluding carboxylic acids is 2. The molecule has 3 N–H and O–H groups in total. The van der Waals surface area contributed by atoms with Crippen LogP contribution < -0.4 is 11.1 Å². The van der Waals surface area contributed by atoms with Gasteiger partial charge in [0.25, 0.3) is 5.91 Å². The van der Waals surface area contributed by atoms with Crippen molar-refractivity contribution in [3.63, 3.8) is 0 Å². The van der Waals surface area contributed by atoms with Crippen LogP contribution >= 0.6 is 0 Å². The summed E-state index contributed by atoms with van der Waals surface area (Å²) in [6, 6.07) is 7.77. The molecule has 0 radical (unpaired) electrons. The van der Waals surface area contributed by atoms with Crippen LogP contribution in [0.4, 0.5) is 0 Å². The van der Waals surface area contributed by atoms with Crippen molar-refractivity contribution in [2.45, 2.75) is 57.9 Å². The molecular weight excluding hydrogens is 314 g/mol. The molecule has 1 aliphatic rings. The molecule has 1 heterocycles. The molecule has 132 valence electrons. The maximum atomic E-state index is 13.0. The molecule has 0 bridgehead atoms. The summed E-state index contributed by atoms with van der Waals surface area (Å²) in [5.41, 5.74) is 8.00. The van der Waals surface area contributed by atoms with Crippen LogP contribution in [0.1, 0.15) is 60.6 Å². The lowest BCUT2D eigenvalue weighted by Gasteiger charge is -2.35. The van der Waals surface area contributed by atoms with E-state index < -0.39 is 11.4 Å². The maximum absolute atomic E-state index is 13.0. The molecule has 0 unspecified atom stereocenters. The second kappa shape index (κ2) is 6.82. The Hall–Kier alpha value is -2.43. The molecule has 3 rings (SSSR count). The zero-order valence-corrected chi connectivity index (χ0v) is 14.9. The number of pyridine rings is 1. The van der Waals surface area contributed by atoms with E-state index in [1.165, 1.54) is 0 Å². The van der Waals surface area contributed by atoms with Crippen molar-refractivity contribution in [2.75, 3.05) is 0 Å². The first kappa shape index (κ1) is 17.4. The second-order valence-corrected chi connectivity index (χ2v) is 6.98. The average molecular weight is 339 g/mol. The predicted molar refractivity (Wildman–Crippen MR) is 98.3 cm³/mol. The predicted octanol–water partition coefficient (Wildman–Crippen LogP) is 3.02. The molecule has 1 saturated carbocycles. The molecule has 5 heteroatoms. The van der Waals surface area contributed by atoms with Crippen LogP contribution in [-0.4, -0.2) is 22.3 Å². The topological polar surface area (TPSA) is 85.1 Å². The normalized spacial score (nSPS) is 16.6. The molecule has 0 atom stereocenters. The van der Waals surface area contributed by atoms with Crippen molar-refractivity contribution in [3.05, 3.63) is 41.1 Å². The van der Waals surface area contributed by atoms with Gasteiger partial charge in [-0.2, -0.15) is 0 Å². The van der Waals surface area contributed by atoms with Crippen LogP contribution in [0.5, 0.6) is 0 Å². The number of aromatic nitrogens is 1. The highest BCUT2D eigenvalue weighted by Crippen LogP contribution is 2.29. The summed E-state index contributed by atoms with van der Waals surface area (Å²) >= 11 is 0. The summed E-state index contributed by atoms with van der Waals surface area (Å²) in [6.45, 7) is 3.95. The van der Waals surface area contributed by atoms with Crippen LogP contribution in [0, 0.1) is 6.92 Å². The highest BCUT2D eigenvalue weighted by Gasteiger charge is 2.39. The fourth-order valence-corrected chi connectivity index (χ4v) is 3.69. The van der Waals surface area contributed by atoms with E-state index in [0.29, 0.717) is 18.4 Å². The smallest absolute Gasteiger partial charge is 0.252 e. The van der Waals surface area contributed by atoms with Gasteiger partial charge in [-0.05, 0) is 49.9 Å². The van der Waals surface area contributed by atoms with Gasteiger partial charge in [0.15, 0.2) is 0 Å². The van der Waals surface area contributed by atoms with Crippen molar-refractivity contribution in [2.24, 2.45) is 5.73 Å². The third-order valence-electron chi connectivity index (χ3n) is 5.19. The number of benzene rings is 1. The van der Waals surface area contributed by atoms with Gasteiger partial charge in [-0.15, -0.1) is 0 Å². The molecule has 2 amide bonds. The fourth-order valence-electron chi connectivity index (χ4n) is 3.69. The van der Waals surface area contributed by atoms with Crippen molar-refractivity contribution in [3.8, 4) is 0 Å². The van der Waals surface area contributed by atoms with Crippen LogP contribution in [0.25, 0.3) is 10.9 Å². The Morgan fingerprint density at radius 3 is 2.56 bits per heavy atom. The summed E-state index contributed by atoms with van der Waals surface area (Å²) in [6.07, 6.45) is 4.98. The second-order valence-electron chi connectivity index (χ2n) is 6.98. The van der Waals surface area contributed by atoms with E-state index in [2.05, 4.69) is 17.2 Å². The summed E-state index contributed by atoms with van der Waals surface area (Å²) in [4.78, 5) is 29.6. The van der Waals surface area contributed by atoms with E-state index in [1.54, 1.807) is 6.07 Å². The number of nitrogens with two attached hydrogens (primary N) is 1. The Labute approximate surface area is 148 Å². The summed E-state index contributed by atoms with van der Waals surface area (Å²) in [5, 5.41) is 3.78. The van der Waals surface area contributed by atoms with E-state index >= 15 is 0 Å². The first-order chi connectivity index (χ1) is 11.9. The highest BCUT2D eigenvalue weighted by molar-refractivity contribution is 6.08. The highest BCUT2D eigenvalue weighted by atomic mass is 16.2.